The molecule has 0 aromatic heterocycles. The zero-order valence-corrected chi connectivity index (χ0v) is 11.0. The Morgan fingerprint density at radius 2 is 1.72 bits per heavy atom. The Hall–Kier alpha value is -1.83. The maximum absolute atomic E-state index is 13.0. The molecule has 94 valence electrons. The Kier molecular flexibility index (Phi) is 3.66. The molecule has 0 unspecified atom stereocenters. The van der Waals surface area contributed by atoms with Gasteiger partial charge < -0.3 is 5.32 Å². The molecular weight excluding hydrogens is 225 g/mol. The van der Waals surface area contributed by atoms with Crippen LogP contribution in [-0.2, 0) is 6.54 Å². The highest BCUT2D eigenvalue weighted by atomic mass is 19.1. The number of benzene rings is 2. The summed E-state index contributed by atoms with van der Waals surface area (Å²) >= 11 is 0. The first-order valence-electron chi connectivity index (χ1n) is 6.12. The molecule has 2 aromatic carbocycles. The molecule has 1 N–H and O–H groups in total. The first-order chi connectivity index (χ1) is 8.56. The van der Waals surface area contributed by atoms with Gasteiger partial charge in [0.15, 0.2) is 0 Å². The van der Waals surface area contributed by atoms with Gasteiger partial charge in [0.05, 0.1) is 0 Å². The fourth-order valence-corrected chi connectivity index (χ4v) is 2.01. The molecule has 18 heavy (non-hydrogen) atoms. The van der Waals surface area contributed by atoms with Gasteiger partial charge in [0.1, 0.15) is 5.82 Å². The molecule has 0 fully saturated rings. The molecule has 0 radical (unpaired) electrons. The summed E-state index contributed by atoms with van der Waals surface area (Å²) in [6.07, 6.45) is 0. The van der Waals surface area contributed by atoms with E-state index in [0.29, 0.717) is 0 Å². The van der Waals surface area contributed by atoms with Crippen LogP contribution in [0.2, 0.25) is 0 Å². The van der Waals surface area contributed by atoms with Crippen LogP contribution >= 0.6 is 0 Å². The van der Waals surface area contributed by atoms with Gasteiger partial charge in [0.2, 0.25) is 0 Å². The predicted molar refractivity (Wildman–Crippen MR) is 74.4 cm³/mol. The number of hydrogen-bond acceptors (Lipinski definition) is 1. The maximum atomic E-state index is 13.0. The van der Waals surface area contributed by atoms with E-state index in [9.17, 15) is 4.39 Å². The summed E-state index contributed by atoms with van der Waals surface area (Å²) in [5.41, 5.74) is 5.72. The van der Waals surface area contributed by atoms with Crippen molar-refractivity contribution >= 4 is 5.69 Å². The van der Waals surface area contributed by atoms with Crippen molar-refractivity contribution in [3.05, 3.63) is 64.5 Å². The van der Waals surface area contributed by atoms with E-state index in [4.69, 9.17) is 0 Å². The van der Waals surface area contributed by atoms with Gasteiger partial charge in [-0.3, -0.25) is 0 Å². The standard InChI is InChI=1S/C16H18FN/c1-11-4-5-12(2)14(8-11)10-18-16-7-6-15(17)9-13(16)3/h4-9,18H,10H2,1-3H3. The van der Waals surface area contributed by atoms with Gasteiger partial charge in [-0.25, -0.2) is 4.39 Å². The van der Waals surface area contributed by atoms with Crippen molar-refractivity contribution < 1.29 is 4.39 Å². The lowest BCUT2D eigenvalue weighted by Crippen LogP contribution is -2.03. The summed E-state index contributed by atoms with van der Waals surface area (Å²) in [6, 6.07) is 11.2. The number of anilines is 1. The van der Waals surface area contributed by atoms with Crippen molar-refractivity contribution in [1.82, 2.24) is 0 Å². The van der Waals surface area contributed by atoms with E-state index >= 15 is 0 Å². The van der Waals surface area contributed by atoms with Crippen LogP contribution in [0.15, 0.2) is 36.4 Å². The summed E-state index contributed by atoms with van der Waals surface area (Å²) in [5.74, 6) is -0.190. The second-order valence-electron chi connectivity index (χ2n) is 4.74. The number of halogens is 1. The SMILES string of the molecule is Cc1ccc(C)c(CNc2ccc(F)cc2C)c1. The molecule has 2 rings (SSSR count). The zero-order chi connectivity index (χ0) is 13.1. The van der Waals surface area contributed by atoms with Gasteiger partial charge in [-0.1, -0.05) is 23.8 Å². The first-order valence-corrected chi connectivity index (χ1v) is 6.12. The molecule has 0 spiro atoms. The second-order valence-corrected chi connectivity index (χ2v) is 4.74. The minimum Gasteiger partial charge on any atom is -0.381 e. The highest BCUT2D eigenvalue weighted by molar-refractivity contribution is 5.51. The van der Waals surface area contributed by atoms with E-state index in [1.54, 1.807) is 12.1 Å². The quantitative estimate of drug-likeness (QED) is 0.844. The van der Waals surface area contributed by atoms with Gasteiger partial charge in [0.25, 0.3) is 0 Å². The summed E-state index contributed by atoms with van der Waals surface area (Å²) in [5, 5.41) is 3.36. The first kappa shape index (κ1) is 12.6. The molecule has 0 aliphatic rings. The van der Waals surface area contributed by atoms with Crippen LogP contribution < -0.4 is 5.32 Å². The van der Waals surface area contributed by atoms with Gasteiger partial charge in [0, 0.05) is 12.2 Å². The van der Waals surface area contributed by atoms with E-state index < -0.39 is 0 Å². The van der Waals surface area contributed by atoms with Crippen LogP contribution in [0.25, 0.3) is 0 Å². The molecule has 0 amide bonds. The molecule has 0 heterocycles. The van der Waals surface area contributed by atoms with E-state index in [-0.39, 0.29) is 5.82 Å². The molecule has 0 saturated carbocycles. The van der Waals surface area contributed by atoms with Crippen LogP contribution in [0.5, 0.6) is 0 Å². The lowest BCUT2D eigenvalue weighted by atomic mass is 10.1. The molecular formula is C16H18FN. The fraction of sp³-hybridized carbons (Fsp3) is 0.250. The third-order valence-electron chi connectivity index (χ3n) is 3.16. The third-order valence-corrected chi connectivity index (χ3v) is 3.16. The Bertz CT molecular complexity index is 561. The molecule has 0 aliphatic carbocycles. The van der Waals surface area contributed by atoms with Crippen LogP contribution in [0.4, 0.5) is 10.1 Å². The number of aryl methyl sites for hydroxylation is 3. The second kappa shape index (κ2) is 5.21. The Morgan fingerprint density at radius 1 is 0.944 bits per heavy atom. The summed E-state index contributed by atoms with van der Waals surface area (Å²) in [6.45, 7) is 6.87. The summed E-state index contributed by atoms with van der Waals surface area (Å²) < 4.78 is 13.0. The van der Waals surface area contributed by atoms with Crippen LogP contribution in [0.3, 0.4) is 0 Å². The van der Waals surface area contributed by atoms with E-state index in [0.717, 1.165) is 17.8 Å². The van der Waals surface area contributed by atoms with Crippen LogP contribution in [0.1, 0.15) is 22.3 Å². The molecule has 0 atom stereocenters. The van der Waals surface area contributed by atoms with E-state index in [2.05, 4.69) is 37.4 Å². The average molecular weight is 243 g/mol. The fourth-order valence-electron chi connectivity index (χ4n) is 2.01. The summed E-state index contributed by atoms with van der Waals surface area (Å²) in [4.78, 5) is 0. The third kappa shape index (κ3) is 2.89. The molecule has 1 nitrogen and oxygen atoms in total. The number of hydrogen-bond donors (Lipinski definition) is 1. The predicted octanol–water partition coefficient (Wildman–Crippen LogP) is 4.36. The molecule has 2 heteroatoms. The van der Waals surface area contributed by atoms with Crippen molar-refractivity contribution in [2.45, 2.75) is 27.3 Å². The Morgan fingerprint density at radius 3 is 2.44 bits per heavy atom. The highest BCUT2D eigenvalue weighted by Gasteiger charge is 2.02. The Labute approximate surface area is 108 Å². The van der Waals surface area contributed by atoms with Gasteiger partial charge in [-0.05, 0) is 55.7 Å². The molecule has 0 bridgehead atoms. The lowest BCUT2D eigenvalue weighted by molar-refractivity contribution is 0.627. The van der Waals surface area contributed by atoms with Crippen LogP contribution in [-0.4, -0.2) is 0 Å². The molecule has 0 saturated heterocycles. The van der Waals surface area contributed by atoms with Gasteiger partial charge in [-0.15, -0.1) is 0 Å². The van der Waals surface area contributed by atoms with Crippen molar-refractivity contribution in [3.63, 3.8) is 0 Å². The largest absolute Gasteiger partial charge is 0.381 e. The van der Waals surface area contributed by atoms with Gasteiger partial charge in [-0.2, -0.15) is 0 Å². The molecule has 0 aliphatic heterocycles. The number of rotatable bonds is 3. The minimum atomic E-state index is -0.190. The zero-order valence-electron chi connectivity index (χ0n) is 11.0. The summed E-state index contributed by atoms with van der Waals surface area (Å²) in [7, 11) is 0. The highest BCUT2D eigenvalue weighted by Crippen LogP contribution is 2.18. The van der Waals surface area contributed by atoms with Crippen molar-refractivity contribution in [2.75, 3.05) is 5.32 Å². The van der Waals surface area contributed by atoms with Crippen molar-refractivity contribution in [2.24, 2.45) is 0 Å². The smallest absolute Gasteiger partial charge is 0.123 e. The normalized spacial score (nSPS) is 10.4. The van der Waals surface area contributed by atoms with Crippen LogP contribution in [0, 0.1) is 26.6 Å². The number of nitrogens with one attached hydrogen (secondary N) is 1. The van der Waals surface area contributed by atoms with Crippen molar-refractivity contribution in [3.8, 4) is 0 Å². The van der Waals surface area contributed by atoms with Gasteiger partial charge >= 0.3 is 0 Å². The van der Waals surface area contributed by atoms with Crippen molar-refractivity contribution in [1.29, 1.82) is 0 Å². The monoisotopic (exact) mass is 243 g/mol. The topological polar surface area (TPSA) is 12.0 Å². The lowest BCUT2D eigenvalue weighted by Gasteiger charge is -2.12. The minimum absolute atomic E-state index is 0.190. The molecule has 2 aromatic rings. The Balaban J connectivity index is 2.13. The van der Waals surface area contributed by atoms with E-state index in [1.165, 1.54) is 22.8 Å². The average Bonchev–Trinajstić information content (AvgIpc) is 2.32. The van der Waals surface area contributed by atoms with E-state index in [1.807, 2.05) is 6.92 Å². The maximum Gasteiger partial charge on any atom is 0.123 e.